The molecule has 0 fully saturated rings. The van der Waals surface area contributed by atoms with Gasteiger partial charge in [-0.2, -0.15) is 13.9 Å². The standard InChI is InChI=1S/C7H9ClF2N2O2/c1-12-5(4(14-2)3-11-12)6(13)7(8,9)10/h3,6,13H,1-2H3. The highest BCUT2D eigenvalue weighted by atomic mass is 35.5. The van der Waals surface area contributed by atoms with Crippen LogP contribution < -0.4 is 4.74 Å². The largest absolute Gasteiger partial charge is 0.493 e. The lowest BCUT2D eigenvalue weighted by molar-refractivity contribution is -0.0473. The fourth-order valence-electron chi connectivity index (χ4n) is 1.05. The van der Waals surface area contributed by atoms with Gasteiger partial charge in [-0.05, 0) is 11.6 Å². The Morgan fingerprint density at radius 1 is 1.71 bits per heavy atom. The van der Waals surface area contributed by atoms with Gasteiger partial charge in [0.25, 0.3) is 0 Å². The van der Waals surface area contributed by atoms with E-state index in [1.807, 2.05) is 0 Å². The van der Waals surface area contributed by atoms with Crippen molar-refractivity contribution in [2.75, 3.05) is 7.11 Å². The highest BCUT2D eigenvalue weighted by Crippen LogP contribution is 2.38. The van der Waals surface area contributed by atoms with Crippen molar-refractivity contribution in [3.05, 3.63) is 11.9 Å². The van der Waals surface area contributed by atoms with Crippen molar-refractivity contribution >= 4 is 11.6 Å². The predicted molar refractivity (Wildman–Crippen MR) is 45.5 cm³/mol. The number of aromatic nitrogens is 2. The Morgan fingerprint density at radius 2 is 2.29 bits per heavy atom. The first-order valence-corrected chi connectivity index (χ1v) is 4.06. The summed E-state index contributed by atoms with van der Waals surface area (Å²) in [6, 6.07) is 0. The summed E-state index contributed by atoms with van der Waals surface area (Å²) in [5.41, 5.74) is -0.160. The number of alkyl halides is 3. The van der Waals surface area contributed by atoms with E-state index in [9.17, 15) is 13.9 Å². The average Bonchev–Trinajstić information content (AvgIpc) is 2.43. The monoisotopic (exact) mass is 226 g/mol. The van der Waals surface area contributed by atoms with E-state index in [4.69, 9.17) is 16.3 Å². The second-order valence-corrected chi connectivity index (χ2v) is 3.17. The molecule has 80 valence electrons. The molecule has 4 nitrogen and oxygen atoms in total. The highest BCUT2D eigenvalue weighted by Gasteiger charge is 2.40. The van der Waals surface area contributed by atoms with Crippen LogP contribution in [-0.4, -0.2) is 27.4 Å². The quantitative estimate of drug-likeness (QED) is 0.791. The first kappa shape index (κ1) is 11.2. The van der Waals surface area contributed by atoms with Gasteiger partial charge in [-0.3, -0.25) is 4.68 Å². The number of aliphatic hydroxyl groups excluding tert-OH is 1. The number of hydrogen-bond donors (Lipinski definition) is 1. The first-order chi connectivity index (χ1) is 6.38. The summed E-state index contributed by atoms with van der Waals surface area (Å²) in [6.07, 6.45) is -0.923. The zero-order valence-electron chi connectivity index (χ0n) is 7.54. The molecule has 1 unspecified atom stereocenters. The number of rotatable bonds is 3. The molecular weight excluding hydrogens is 218 g/mol. The molecule has 0 radical (unpaired) electrons. The summed E-state index contributed by atoms with van der Waals surface area (Å²) in [5.74, 6) is 0.0697. The number of methoxy groups -OCH3 is 1. The van der Waals surface area contributed by atoms with Gasteiger partial charge in [-0.25, -0.2) is 0 Å². The summed E-state index contributed by atoms with van der Waals surface area (Å²) >= 11 is 4.70. The fraction of sp³-hybridized carbons (Fsp3) is 0.571. The van der Waals surface area contributed by atoms with Gasteiger partial charge in [0, 0.05) is 7.05 Å². The Balaban J connectivity index is 3.11. The number of ether oxygens (including phenoxy) is 1. The van der Waals surface area contributed by atoms with Gasteiger partial charge >= 0.3 is 5.38 Å². The van der Waals surface area contributed by atoms with Crippen LogP contribution in [0.1, 0.15) is 11.8 Å². The van der Waals surface area contributed by atoms with Crippen LogP contribution in [0.15, 0.2) is 6.20 Å². The van der Waals surface area contributed by atoms with E-state index < -0.39 is 11.5 Å². The fourth-order valence-corrected chi connectivity index (χ4v) is 1.15. The predicted octanol–water partition coefficient (Wildman–Crippen LogP) is 1.29. The molecule has 0 aromatic carbocycles. The van der Waals surface area contributed by atoms with E-state index in [1.165, 1.54) is 20.4 Å². The maximum absolute atomic E-state index is 12.6. The van der Waals surface area contributed by atoms with E-state index in [-0.39, 0.29) is 11.4 Å². The average molecular weight is 227 g/mol. The van der Waals surface area contributed by atoms with Crippen LogP contribution in [-0.2, 0) is 7.05 Å². The summed E-state index contributed by atoms with van der Waals surface area (Å²) in [6.45, 7) is 0. The number of hydrogen-bond acceptors (Lipinski definition) is 3. The van der Waals surface area contributed by atoms with Crippen molar-refractivity contribution in [2.45, 2.75) is 11.5 Å². The third-order valence-corrected chi connectivity index (χ3v) is 1.94. The number of nitrogens with zero attached hydrogens (tertiary/aromatic N) is 2. The van der Waals surface area contributed by atoms with Crippen LogP contribution in [0.3, 0.4) is 0 Å². The topological polar surface area (TPSA) is 47.3 Å². The van der Waals surface area contributed by atoms with Gasteiger partial charge in [-0.15, -0.1) is 0 Å². The second kappa shape index (κ2) is 3.70. The minimum Gasteiger partial charge on any atom is -0.493 e. The van der Waals surface area contributed by atoms with Gasteiger partial charge < -0.3 is 9.84 Å². The molecule has 1 aromatic heterocycles. The molecule has 1 rings (SSSR count). The lowest BCUT2D eigenvalue weighted by Crippen LogP contribution is -2.22. The first-order valence-electron chi connectivity index (χ1n) is 3.68. The van der Waals surface area contributed by atoms with Crippen LogP contribution in [0.25, 0.3) is 0 Å². The molecule has 0 saturated heterocycles. The Labute approximate surface area is 84.0 Å². The van der Waals surface area contributed by atoms with E-state index in [0.717, 1.165) is 4.68 Å². The van der Waals surface area contributed by atoms with E-state index in [1.54, 1.807) is 0 Å². The molecule has 0 amide bonds. The molecular formula is C7H9ClF2N2O2. The molecule has 7 heteroatoms. The minimum absolute atomic E-state index is 0.0697. The molecule has 0 aliphatic heterocycles. The highest BCUT2D eigenvalue weighted by molar-refractivity contribution is 6.22. The smallest absolute Gasteiger partial charge is 0.352 e. The molecule has 0 aliphatic carbocycles. The lowest BCUT2D eigenvalue weighted by atomic mass is 10.2. The molecule has 1 aromatic rings. The summed E-state index contributed by atoms with van der Waals surface area (Å²) in [4.78, 5) is 0. The van der Waals surface area contributed by atoms with Crippen LogP contribution in [0.4, 0.5) is 8.78 Å². The van der Waals surface area contributed by atoms with Gasteiger partial charge in [0.15, 0.2) is 11.9 Å². The maximum atomic E-state index is 12.6. The second-order valence-electron chi connectivity index (χ2n) is 2.67. The SMILES string of the molecule is COc1cnn(C)c1C(O)C(F)(F)Cl. The van der Waals surface area contributed by atoms with Gasteiger partial charge in [-0.1, -0.05) is 0 Å². The van der Waals surface area contributed by atoms with E-state index in [2.05, 4.69) is 5.10 Å². The molecule has 0 spiro atoms. The van der Waals surface area contributed by atoms with Crippen molar-refractivity contribution in [3.8, 4) is 5.75 Å². The van der Waals surface area contributed by atoms with Crippen LogP contribution in [0.2, 0.25) is 0 Å². The normalized spacial score (nSPS) is 14.1. The third kappa shape index (κ3) is 1.96. The number of halogens is 3. The molecule has 0 aliphatic rings. The Hall–Kier alpha value is -0.880. The summed E-state index contributed by atoms with van der Waals surface area (Å²) in [7, 11) is 2.70. The Morgan fingerprint density at radius 3 is 2.71 bits per heavy atom. The third-order valence-electron chi connectivity index (χ3n) is 1.74. The van der Waals surface area contributed by atoms with Crippen molar-refractivity contribution in [1.82, 2.24) is 9.78 Å². The van der Waals surface area contributed by atoms with Crippen LogP contribution in [0.5, 0.6) is 5.75 Å². The van der Waals surface area contributed by atoms with Gasteiger partial charge in [0.2, 0.25) is 0 Å². The molecule has 0 saturated carbocycles. The number of aliphatic hydroxyl groups is 1. The maximum Gasteiger partial charge on any atom is 0.352 e. The van der Waals surface area contributed by atoms with Crippen molar-refractivity contribution in [2.24, 2.45) is 7.05 Å². The molecule has 1 atom stereocenters. The molecule has 0 bridgehead atoms. The Kier molecular flexibility index (Phi) is 2.96. The van der Waals surface area contributed by atoms with Crippen molar-refractivity contribution < 1.29 is 18.6 Å². The molecule has 1 heterocycles. The van der Waals surface area contributed by atoms with Gasteiger partial charge in [0.05, 0.1) is 13.3 Å². The zero-order valence-corrected chi connectivity index (χ0v) is 8.29. The van der Waals surface area contributed by atoms with Crippen molar-refractivity contribution in [3.63, 3.8) is 0 Å². The van der Waals surface area contributed by atoms with Crippen molar-refractivity contribution in [1.29, 1.82) is 0 Å². The summed E-state index contributed by atoms with van der Waals surface area (Å²) < 4.78 is 31.0. The molecule has 14 heavy (non-hydrogen) atoms. The van der Waals surface area contributed by atoms with Crippen LogP contribution in [0, 0.1) is 0 Å². The minimum atomic E-state index is -3.75. The van der Waals surface area contributed by atoms with Crippen LogP contribution >= 0.6 is 11.6 Å². The zero-order chi connectivity index (χ0) is 10.9. The van der Waals surface area contributed by atoms with E-state index in [0.29, 0.717) is 0 Å². The Bertz CT molecular complexity index is 324. The number of aryl methyl sites for hydroxylation is 1. The van der Waals surface area contributed by atoms with E-state index >= 15 is 0 Å². The summed E-state index contributed by atoms with van der Waals surface area (Å²) in [5, 5.41) is 9.13. The van der Waals surface area contributed by atoms with Gasteiger partial charge in [0.1, 0.15) is 5.69 Å². The molecule has 1 N–H and O–H groups in total. The lowest BCUT2D eigenvalue weighted by Gasteiger charge is -2.17.